The zero-order chi connectivity index (χ0) is 24.1. The largest absolute Gasteiger partial charge is 0.458 e. The van der Waals surface area contributed by atoms with Gasteiger partial charge in [0, 0.05) is 20.3 Å². The molecule has 188 valence electrons. The Labute approximate surface area is 193 Å². The Balaban J connectivity index is 1.42. The van der Waals surface area contributed by atoms with E-state index in [1.165, 1.54) is 13.8 Å². The van der Waals surface area contributed by atoms with Gasteiger partial charge in [0.15, 0.2) is 30.3 Å². The molecule has 33 heavy (non-hydrogen) atoms. The van der Waals surface area contributed by atoms with Crippen molar-refractivity contribution in [2.24, 2.45) is 0 Å². The van der Waals surface area contributed by atoms with Gasteiger partial charge < -0.3 is 42.6 Å². The minimum absolute atomic E-state index is 0.121. The normalized spacial score (nSPS) is 43.4. The minimum Gasteiger partial charge on any atom is -0.458 e. The van der Waals surface area contributed by atoms with Crippen LogP contribution in [-0.4, -0.2) is 85.4 Å². The maximum absolute atomic E-state index is 11.6. The van der Waals surface area contributed by atoms with Crippen molar-refractivity contribution in [3.63, 3.8) is 0 Å². The van der Waals surface area contributed by atoms with Gasteiger partial charge in [0.05, 0.1) is 12.7 Å². The van der Waals surface area contributed by atoms with E-state index in [0.717, 1.165) is 0 Å². The molecule has 4 saturated heterocycles. The summed E-state index contributed by atoms with van der Waals surface area (Å²) in [5, 5.41) is 0. The molecule has 4 heterocycles. The SMILES string of the molecule is CC(=O)O[C@H]1[C@@H](C)O[C@H](OC[C@H]2O[C@@H]3OC(C)(C)O[C@@H]3[C@H]3OC(C)(C)O[C@H]32)C[C@H]1OC(C)=O. The lowest BCUT2D eigenvalue weighted by molar-refractivity contribution is -0.282. The molecule has 4 fully saturated rings. The van der Waals surface area contributed by atoms with Crippen LogP contribution in [0.5, 0.6) is 0 Å². The summed E-state index contributed by atoms with van der Waals surface area (Å²) in [5.41, 5.74) is 0. The Hall–Kier alpha value is -1.34. The molecule has 4 aliphatic rings. The van der Waals surface area contributed by atoms with Gasteiger partial charge in [0.1, 0.15) is 30.5 Å². The van der Waals surface area contributed by atoms with Crippen LogP contribution in [0.15, 0.2) is 0 Å². The summed E-state index contributed by atoms with van der Waals surface area (Å²) in [4.78, 5) is 23.1. The van der Waals surface area contributed by atoms with Gasteiger partial charge in [0.25, 0.3) is 0 Å². The Bertz CT molecular complexity index is 753. The lowest BCUT2D eigenvalue weighted by Gasteiger charge is -2.40. The predicted octanol–water partition coefficient (Wildman–Crippen LogP) is 1.40. The van der Waals surface area contributed by atoms with Crippen LogP contribution in [0, 0.1) is 0 Å². The van der Waals surface area contributed by atoms with Crippen LogP contribution < -0.4 is 0 Å². The van der Waals surface area contributed by atoms with Crippen molar-refractivity contribution >= 4 is 11.9 Å². The fourth-order valence-corrected chi connectivity index (χ4v) is 4.83. The van der Waals surface area contributed by atoms with Gasteiger partial charge in [-0.05, 0) is 34.6 Å². The van der Waals surface area contributed by atoms with E-state index in [0.29, 0.717) is 0 Å². The van der Waals surface area contributed by atoms with E-state index in [2.05, 4.69) is 0 Å². The van der Waals surface area contributed by atoms with Gasteiger partial charge in [-0.3, -0.25) is 9.59 Å². The molecule has 0 spiro atoms. The van der Waals surface area contributed by atoms with Gasteiger partial charge in [0.2, 0.25) is 0 Å². The standard InChI is InChI=1S/C22H34O11/c1-10-16(28-12(3)24)13(27-11(2)23)8-15(26-10)25-9-14-17-18(31-21(4,5)30-17)19-20(29-14)33-22(6,7)32-19/h10,13-20H,8-9H2,1-7H3/t10-,13-,14-,15+,16+,17+,18+,19-,20-/m1/s1. The lowest BCUT2D eigenvalue weighted by atomic mass is 9.99. The third-order valence-electron chi connectivity index (χ3n) is 5.94. The summed E-state index contributed by atoms with van der Waals surface area (Å²) in [6.45, 7) is 11.8. The van der Waals surface area contributed by atoms with Crippen molar-refractivity contribution in [1.82, 2.24) is 0 Å². The summed E-state index contributed by atoms with van der Waals surface area (Å²) in [6.07, 6.45) is -4.84. The zero-order valence-corrected chi connectivity index (χ0v) is 20.1. The average molecular weight is 475 g/mol. The first-order chi connectivity index (χ1) is 15.3. The molecule has 11 nitrogen and oxygen atoms in total. The van der Waals surface area contributed by atoms with Crippen LogP contribution in [-0.2, 0) is 52.2 Å². The molecule has 0 radical (unpaired) electrons. The fraction of sp³-hybridized carbons (Fsp3) is 0.909. The van der Waals surface area contributed by atoms with Crippen LogP contribution in [0.25, 0.3) is 0 Å². The first-order valence-electron chi connectivity index (χ1n) is 11.3. The second kappa shape index (κ2) is 9.03. The molecule has 9 atom stereocenters. The average Bonchev–Trinajstić information content (AvgIpc) is 3.15. The third kappa shape index (κ3) is 5.50. The molecule has 11 heteroatoms. The third-order valence-corrected chi connectivity index (χ3v) is 5.94. The monoisotopic (exact) mass is 474 g/mol. The molecule has 0 saturated carbocycles. The number of hydrogen-bond donors (Lipinski definition) is 0. The summed E-state index contributed by atoms with van der Waals surface area (Å²) >= 11 is 0. The van der Waals surface area contributed by atoms with E-state index in [1.807, 2.05) is 27.7 Å². The van der Waals surface area contributed by atoms with Crippen LogP contribution >= 0.6 is 0 Å². The van der Waals surface area contributed by atoms with E-state index in [-0.39, 0.29) is 19.1 Å². The number of fused-ring (bicyclic) bond motifs is 3. The van der Waals surface area contributed by atoms with Crippen LogP contribution in [0.4, 0.5) is 0 Å². The van der Waals surface area contributed by atoms with Crippen LogP contribution in [0.2, 0.25) is 0 Å². The molecule has 0 amide bonds. The molecule has 0 bridgehead atoms. The number of carbonyl (C=O) groups excluding carboxylic acids is 2. The van der Waals surface area contributed by atoms with Crippen molar-refractivity contribution in [3.8, 4) is 0 Å². The topological polar surface area (TPSA) is 117 Å². The van der Waals surface area contributed by atoms with E-state index >= 15 is 0 Å². The van der Waals surface area contributed by atoms with E-state index in [1.54, 1.807) is 6.92 Å². The van der Waals surface area contributed by atoms with Crippen molar-refractivity contribution in [1.29, 1.82) is 0 Å². The van der Waals surface area contributed by atoms with Gasteiger partial charge in [-0.2, -0.15) is 0 Å². The van der Waals surface area contributed by atoms with Gasteiger partial charge in [-0.15, -0.1) is 0 Å². The first kappa shape index (κ1) is 24.8. The summed E-state index contributed by atoms with van der Waals surface area (Å²) < 4.78 is 52.9. The molecule has 0 aliphatic carbocycles. The Kier molecular flexibility index (Phi) is 6.78. The van der Waals surface area contributed by atoms with Crippen LogP contribution in [0.1, 0.15) is 54.9 Å². The molecular formula is C22H34O11. The highest BCUT2D eigenvalue weighted by Crippen LogP contribution is 2.44. The van der Waals surface area contributed by atoms with Crippen molar-refractivity contribution in [2.75, 3.05) is 6.61 Å². The number of ether oxygens (including phenoxy) is 9. The van der Waals surface area contributed by atoms with Crippen molar-refractivity contribution in [3.05, 3.63) is 0 Å². The maximum atomic E-state index is 11.6. The number of rotatable bonds is 5. The molecular weight excluding hydrogens is 440 g/mol. The summed E-state index contributed by atoms with van der Waals surface area (Å²) in [7, 11) is 0. The van der Waals surface area contributed by atoms with Crippen molar-refractivity contribution < 1.29 is 52.2 Å². The molecule has 4 rings (SSSR count). The highest BCUT2D eigenvalue weighted by atomic mass is 16.9. The predicted molar refractivity (Wildman–Crippen MR) is 109 cm³/mol. The Morgan fingerprint density at radius 2 is 1.45 bits per heavy atom. The second-order valence-corrected chi connectivity index (χ2v) is 9.77. The lowest BCUT2D eigenvalue weighted by Crippen LogP contribution is -2.57. The number of esters is 2. The Morgan fingerprint density at radius 3 is 2.12 bits per heavy atom. The van der Waals surface area contributed by atoms with Gasteiger partial charge >= 0.3 is 11.9 Å². The second-order valence-electron chi connectivity index (χ2n) is 9.77. The number of carbonyl (C=O) groups is 2. The van der Waals surface area contributed by atoms with Gasteiger partial charge in [-0.1, -0.05) is 0 Å². The maximum Gasteiger partial charge on any atom is 0.303 e. The molecule has 0 aromatic rings. The first-order valence-corrected chi connectivity index (χ1v) is 11.3. The minimum atomic E-state index is -0.810. The Morgan fingerprint density at radius 1 is 0.848 bits per heavy atom. The fourth-order valence-electron chi connectivity index (χ4n) is 4.83. The zero-order valence-electron chi connectivity index (χ0n) is 20.1. The highest BCUT2D eigenvalue weighted by molar-refractivity contribution is 5.67. The van der Waals surface area contributed by atoms with E-state index in [9.17, 15) is 9.59 Å². The molecule has 0 unspecified atom stereocenters. The molecule has 4 aliphatic heterocycles. The highest BCUT2D eigenvalue weighted by Gasteiger charge is 2.60. The number of hydrogen-bond acceptors (Lipinski definition) is 11. The smallest absolute Gasteiger partial charge is 0.303 e. The molecule has 0 aromatic heterocycles. The van der Waals surface area contributed by atoms with E-state index in [4.69, 9.17) is 42.6 Å². The van der Waals surface area contributed by atoms with E-state index < -0.39 is 72.7 Å². The molecule has 0 aromatic carbocycles. The summed E-state index contributed by atoms with van der Waals surface area (Å²) in [6, 6.07) is 0. The molecule has 0 N–H and O–H groups in total. The van der Waals surface area contributed by atoms with Gasteiger partial charge in [-0.25, -0.2) is 0 Å². The quantitative estimate of drug-likeness (QED) is 0.538. The van der Waals surface area contributed by atoms with Crippen LogP contribution in [0.3, 0.4) is 0 Å². The summed E-state index contributed by atoms with van der Waals surface area (Å²) in [5.74, 6) is -2.58. The van der Waals surface area contributed by atoms with Crippen molar-refractivity contribution in [2.45, 2.75) is 122 Å².